The average Bonchev–Trinajstić information content (AvgIpc) is 2.74. The van der Waals surface area contributed by atoms with Gasteiger partial charge >= 0.3 is 0 Å². The standard InChI is InChI=1S/C21H24FN3O3/c22-16-1-4-18(5-2-16)24-9-11-25(12-10-24)21(26)7-8-23-17-3-6-19-20(15-17)28-14-13-27-19/h1-6,15,23H,7-14H2. The van der Waals surface area contributed by atoms with Crippen molar-refractivity contribution in [1.82, 2.24) is 4.90 Å². The van der Waals surface area contributed by atoms with Crippen LogP contribution in [0.1, 0.15) is 6.42 Å². The minimum Gasteiger partial charge on any atom is -0.486 e. The zero-order valence-corrected chi connectivity index (χ0v) is 15.7. The lowest BCUT2D eigenvalue weighted by Gasteiger charge is -2.36. The second-order valence-electron chi connectivity index (χ2n) is 6.88. The monoisotopic (exact) mass is 385 g/mol. The Morgan fingerprint density at radius 1 is 0.964 bits per heavy atom. The smallest absolute Gasteiger partial charge is 0.224 e. The van der Waals surface area contributed by atoms with Crippen LogP contribution in [0.2, 0.25) is 0 Å². The van der Waals surface area contributed by atoms with Gasteiger partial charge in [0.05, 0.1) is 0 Å². The van der Waals surface area contributed by atoms with Crippen LogP contribution in [0.3, 0.4) is 0 Å². The number of amides is 1. The molecule has 0 aliphatic carbocycles. The Balaban J connectivity index is 1.22. The molecule has 2 aromatic carbocycles. The van der Waals surface area contributed by atoms with Crippen LogP contribution in [0.5, 0.6) is 11.5 Å². The van der Waals surface area contributed by atoms with Gasteiger partial charge in [0, 0.05) is 56.6 Å². The molecule has 0 atom stereocenters. The van der Waals surface area contributed by atoms with Crippen molar-refractivity contribution in [1.29, 1.82) is 0 Å². The highest BCUT2D eigenvalue weighted by Crippen LogP contribution is 2.32. The number of nitrogens with zero attached hydrogens (tertiary/aromatic N) is 2. The highest BCUT2D eigenvalue weighted by Gasteiger charge is 2.21. The van der Waals surface area contributed by atoms with Crippen molar-refractivity contribution in [2.45, 2.75) is 6.42 Å². The van der Waals surface area contributed by atoms with Gasteiger partial charge in [-0.3, -0.25) is 4.79 Å². The summed E-state index contributed by atoms with van der Waals surface area (Å²) < 4.78 is 24.1. The SMILES string of the molecule is O=C(CCNc1ccc2c(c1)OCCO2)N1CCN(c2ccc(F)cc2)CC1. The van der Waals surface area contributed by atoms with Gasteiger partial charge in [0.15, 0.2) is 11.5 Å². The van der Waals surface area contributed by atoms with E-state index in [1.807, 2.05) is 23.1 Å². The average molecular weight is 385 g/mol. The molecule has 0 unspecified atom stereocenters. The summed E-state index contributed by atoms with van der Waals surface area (Å²) in [7, 11) is 0. The Hall–Kier alpha value is -2.96. The van der Waals surface area contributed by atoms with Gasteiger partial charge in [0.25, 0.3) is 0 Å². The maximum atomic E-state index is 13.1. The van der Waals surface area contributed by atoms with Gasteiger partial charge in [-0.1, -0.05) is 0 Å². The lowest BCUT2D eigenvalue weighted by molar-refractivity contribution is -0.131. The molecule has 0 aromatic heterocycles. The van der Waals surface area contributed by atoms with Gasteiger partial charge in [0.1, 0.15) is 19.0 Å². The van der Waals surface area contributed by atoms with E-state index in [1.54, 1.807) is 12.1 Å². The molecular formula is C21H24FN3O3. The molecule has 1 fully saturated rings. The minimum atomic E-state index is -0.233. The van der Waals surface area contributed by atoms with E-state index in [4.69, 9.17) is 9.47 Å². The maximum absolute atomic E-state index is 13.1. The second kappa shape index (κ2) is 8.37. The Kier molecular flexibility index (Phi) is 5.50. The number of carbonyl (C=O) groups excluding carboxylic acids is 1. The van der Waals surface area contributed by atoms with Crippen molar-refractivity contribution in [2.24, 2.45) is 0 Å². The molecule has 148 valence electrons. The molecule has 0 bridgehead atoms. The number of hydrogen-bond acceptors (Lipinski definition) is 5. The number of fused-ring (bicyclic) bond motifs is 1. The van der Waals surface area contributed by atoms with Crippen molar-refractivity contribution in [2.75, 3.05) is 56.2 Å². The summed E-state index contributed by atoms with van der Waals surface area (Å²) in [6.45, 7) is 4.57. The van der Waals surface area contributed by atoms with Crippen LogP contribution in [-0.4, -0.2) is 56.7 Å². The number of piperazine rings is 1. The van der Waals surface area contributed by atoms with Crippen molar-refractivity contribution < 1.29 is 18.7 Å². The Labute approximate surface area is 163 Å². The van der Waals surface area contributed by atoms with E-state index in [2.05, 4.69) is 10.2 Å². The van der Waals surface area contributed by atoms with Crippen molar-refractivity contribution in [3.8, 4) is 11.5 Å². The Bertz CT molecular complexity index is 820. The molecule has 1 amide bonds. The molecule has 28 heavy (non-hydrogen) atoms. The first-order valence-corrected chi connectivity index (χ1v) is 9.61. The zero-order valence-electron chi connectivity index (χ0n) is 15.7. The lowest BCUT2D eigenvalue weighted by atomic mass is 10.2. The van der Waals surface area contributed by atoms with Crippen LogP contribution in [0.15, 0.2) is 42.5 Å². The van der Waals surface area contributed by atoms with Crippen LogP contribution >= 0.6 is 0 Å². The largest absolute Gasteiger partial charge is 0.486 e. The molecule has 2 aromatic rings. The van der Waals surface area contributed by atoms with E-state index in [1.165, 1.54) is 12.1 Å². The van der Waals surface area contributed by atoms with Crippen LogP contribution in [0, 0.1) is 5.82 Å². The predicted molar refractivity (Wildman–Crippen MR) is 106 cm³/mol. The Morgan fingerprint density at radius 2 is 1.68 bits per heavy atom. The quantitative estimate of drug-likeness (QED) is 0.858. The molecule has 4 rings (SSSR count). The molecule has 2 heterocycles. The third kappa shape index (κ3) is 4.30. The summed E-state index contributed by atoms with van der Waals surface area (Å²) in [6, 6.07) is 12.2. The summed E-state index contributed by atoms with van der Waals surface area (Å²) in [5.74, 6) is 1.40. The molecule has 7 heteroatoms. The summed E-state index contributed by atoms with van der Waals surface area (Å²) in [5.41, 5.74) is 1.91. The van der Waals surface area contributed by atoms with Crippen molar-refractivity contribution in [3.05, 3.63) is 48.3 Å². The zero-order chi connectivity index (χ0) is 19.3. The first kappa shape index (κ1) is 18.4. The summed E-state index contributed by atoms with van der Waals surface area (Å²) in [5, 5.41) is 3.28. The molecule has 1 N–H and O–H groups in total. The van der Waals surface area contributed by atoms with Crippen LogP contribution in [-0.2, 0) is 4.79 Å². The fourth-order valence-electron chi connectivity index (χ4n) is 3.49. The highest BCUT2D eigenvalue weighted by molar-refractivity contribution is 5.77. The van der Waals surface area contributed by atoms with E-state index in [0.717, 1.165) is 36.0 Å². The first-order chi connectivity index (χ1) is 13.7. The molecule has 0 radical (unpaired) electrons. The van der Waals surface area contributed by atoms with Gasteiger partial charge in [-0.2, -0.15) is 0 Å². The molecule has 6 nitrogen and oxygen atoms in total. The fourth-order valence-corrected chi connectivity index (χ4v) is 3.49. The second-order valence-corrected chi connectivity index (χ2v) is 6.88. The summed E-state index contributed by atoms with van der Waals surface area (Å²) in [6.07, 6.45) is 0.436. The van der Waals surface area contributed by atoms with E-state index in [-0.39, 0.29) is 11.7 Å². The molecular weight excluding hydrogens is 361 g/mol. The number of benzene rings is 2. The van der Waals surface area contributed by atoms with Crippen LogP contribution < -0.4 is 19.7 Å². The third-order valence-electron chi connectivity index (χ3n) is 5.03. The van der Waals surface area contributed by atoms with Crippen molar-refractivity contribution in [3.63, 3.8) is 0 Å². The number of hydrogen-bond donors (Lipinski definition) is 1. The van der Waals surface area contributed by atoms with Gasteiger partial charge in [-0.05, 0) is 36.4 Å². The molecule has 0 saturated carbocycles. The van der Waals surface area contributed by atoms with Crippen LogP contribution in [0.25, 0.3) is 0 Å². The van der Waals surface area contributed by atoms with E-state index in [9.17, 15) is 9.18 Å². The highest BCUT2D eigenvalue weighted by atomic mass is 19.1. The van der Waals surface area contributed by atoms with E-state index < -0.39 is 0 Å². The number of halogens is 1. The van der Waals surface area contributed by atoms with Crippen molar-refractivity contribution >= 4 is 17.3 Å². The maximum Gasteiger partial charge on any atom is 0.224 e. The summed E-state index contributed by atoms with van der Waals surface area (Å²) in [4.78, 5) is 16.6. The first-order valence-electron chi connectivity index (χ1n) is 9.61. The third-order valence-corrected chi connectivity index (χ3v) is 5.03. The number of carbonyl (C=O) groups is 1. The number of nitrogens with one attached hydrogen (secondary N) is 1. The van der Waals surface area contributed by atoms with Crippen LogP contribution in [0.4, 0.5) is 15.8 Å². The lowest BCUT2D eigenvalue weighted by Crippen LogP contribution is -2.49. The normalized spacial score (nSPS) is 16.0. The van der Waals surface area contributed by atoms with Gasteiger partial charge in [-0.25, -0.2) is 4.39 Å². The van der Waals surface area contributed by atoms with E-state index >= 15 is 0 Å². The fraction of sp³-hybridized carbons (Fsp3) is 0.381. The van der Waals surface area contributed by atoms with Gasteiger partial charge in [-0.15, -0.1) is 0 Å². The Morgan fingerprint density at radius 3 is 2.43 bits per heavy atom. The number of anilines is 2. The number of ether oxygens (including phenoxy) is 2. The molecule has 1 saturated heterocycles. The minimum absolute atomic E-state index is 0.142. The molecule has 0 spiro atoms. The van der Waals surface area contributed by atoms with Gasteiger partial charge in [0.2, 0.25) is 5.91 Å². The molecule has 2 aliphatic rings. The topological polar surface area (TPSA) is 54.0 Å². The van der Waals surface area contributed by atoms with E-state index in [0.29, 0.717) is 39.3 Å². The number of rotatable bonds is 5. The molecule has 2 aliphatic heterocycles. The summed E-state index contributed by atoms with van der Waals surface area (Å²) >= 11 is 0. The predicted octanol–water partition coefficient (Wildman–Crippen LogP) is 2.75. The van der Waals surface area contributed by atoms with Gasteiger partial charge < -0.3 is 24.6 Å².